The first-order valence-corrected chi connectivity index (χ1v) is 10.7. The van der Waals surface area contributed by atoms with Crippen molar-refractivity contribution < 1.29 is 17.6 Å². The number of hydrogen-bond acceptors (Lipinski definition) is 5. The van der Waals surface area contributed by atoms with Crippen molar-refractivity contribution in [2.45, 2.75) is 43.5 Å². The number of sulfonamides is 1. The summed E-state index contributed by atoms with van der Waals surface area (Å²) in [5.74, 6) is -0.134. The number of nitrogens with one attached hydrogen (secondary N) is 1. The zero-order chi connectivity index (χ0) is 19.2. The van der Waals surface area contributed by atoms with E-state index in [1.165, 1.54) is 22.5 Å². The van der Waals surface area contributed by atoms with Gasteiger partial charge in [0, 0.05) is 25.7 Å². The second kappa shape index (κ2) is 6.79. The molecular weight excluding hydrogens is 370 g/mol. The van der Waals surface area contributed by atoms with Crippen LogP contribution in [0.2, 0.25) is 0 Å². The number of hydrogen-bond donors (Lipinski definition) is 1. The van der Waals surface area contributed by atoms with Gasteiger partial charge in [0.25, 0.3) is 0 Å². The summed E-state index contributed by atoms with van der Waals surface area (Å²) in [7, 11) is -3.85. The second-order valence-electron chi connectivity index (χ2n) is 7.45. The van der Waals surface area contributed by atoms with Gasteiger partial charge in [-0.1, -0.05) is 6.92 Å². The number of aromatic amines is 1. The Kier molecular flexibility index (Phi) is 4.59. The molecule has 0 spiro atoms. The number of amides is 1. The molecule has 0 bridgehead atoms. The maximum atomic E-state index is 13.2. The first kappa shape index (κ1) is 18.2. The number of benzene rings is 1. The second-order valence-corrected chi connectivity index (χ2v) is 9.34. The van der Waals surface area contributed by atoms with E-state index >= 15 is 0 Å². The van der Waals surface area contributed by atoms with E-state index in [1.54, 1.807) is 4.90 Å². The molecule has 1 amide bonds. The Morgan fingerprint density at radius 1 is 1.19 bits per heavy atom. The van der Waals surface area contributed by atoms with E-state index in [2.05, 4.69) is 11.9 Å². The van der Waals surface area contributed by atoms with E-state index in [-0.39, 0.29) is 16.4 Å². The molecule has 0 saturated carbocycles. The third kappa shape index (κ3) is 3.29. The van der Waals surface area contributed by atoms with Crippen LogP contribution in [-0.4, -0.2) is 54.2 Å². The molecule has 0 aliphatic carbocycles. The Morgan fingerprint density at radius 3 is 2.67 bits per heavy atom. The van der Waals surface area contributed by atoms with Gasteiger partial charge < -0.3 is 9.32 Å². The summed E-state index contributed by atoms with van der Waals surface area (Å²) >= 11 is 0. The van der Waals surface area contributed by atoms with E-state index in [4.69, 9.17) is 4.42 Å². The van der Waals surface area contributed by atoms with Crippen LogP contribution in [0.5, 0.6) is 0 Å². The SMILES string of the molecule is CC1CCN(C(=O)[C@@H]2CCCN2S(=O)(=O)c2ccc3[nH]c(=O)oc3c2)CC1. The maximum absolute atomic E-state index is 13.2. The number of oxazole rings is 1. The summed E-state index contributed by atoms with van der Waals surface area (Å²) < 4.78 is 32.6. The Balaban J connectivity index is 1.61. The fourth-order valence-electron chi connectivity index (χ4n) is 3.94. The number of aromatic nitrogens is 1. The van der Waals surface area contributed by atoms with Gasteiger partial charge in [0.2, 0.25) is 15.9 Å². The summed E-state index contributed by atoms with van der Waals surface area (Å²) in [6.07, 6.45) is 3.09. The van der Waals surface area contributed by atoms with Crippen LogP contribution < -0.4 is 5.76 Å². The first-order chi connectivity index (χ1) is 12.9. The molecule has 4 rings (SSSR count). The molecule has 9 heteroatoms. The smallest absolute Gasteiger partial charge is 0.408 e. The minimum absolute atomic E-state index is 0.0321. The van der Waals surface area contributed by atoms with Gasteiger partial charge >= 0.3 is 5.76 Å². The normalized spacial score (nSPS) is 22.6. The molecule has 2 aliphatic rings. The third-order valence-corrected chi connectivity index (χ3v) is 7.49. The van der Waals surface area contributed by atoms with Gasteiger partial charge in [0.15, 0.2) is 5.58 Å². The van der Waals surface area contributed by atoms with Crippen molar-refractivity contribution >= 4 is 27.0 Å². The lowest BCUT2D eigenvalue weighted by molar-refractivity contribution is -0.135. The molecule has 2 saturated heterocycles. The highest BCUT2D eigenvalue weighted by Gasteiger charge is 2.41. The van der Waals surface area contributed by atoms with Crippen LogP contribution in [0.15, 0.2) is 32.3 Å². The predicted octanol–water partition coefficient (Wildman–Crippen LogP) is 1.53. The molecule has 1 atom stereocenters. The van der Waals surface area contributed by atoms with E-state index in [1.807, 2.05) is 0 Å². The van der Waals surface area contributed by atoms with Gasteiger partial charge in [0.1, 0.15) is 6.04 Å². The molecule has 0 radical (unpaired) electrons. The highest BCUT2D eigenvalue weighted by Crippen LogP contribution is 2.29. The van der Waals surface area contributed by atoms with Gasteiger partial charge in [-0.15, -0.1) is 0 Å². The lowest BCUT2D eigenvalue weighted by atomic mass is 9.98. The molecular formula is C18H23N3O5S. The van der Waals surface area contributed by atoms with Crippen molar-refractivity contribution in [3.8, 4) is 0 Å². The van der Waals surface area contributed by atoms with Crippen LogP contribution in [0.4, 0.5) is 0 Å². The number of rotatable bonds is 3. The Hall–Kier alpha value is -2.13. The Bertz CT molecular complexity index is 1020. The lowest BCUT2D eigenvalue weighted by Crippen LogP contribution is -2.49. The predicted molar refractivity (Wildman–Crippen MR) is 98.7 cm³/mol. The lowest BCUT2D eigenvalue weighted by Gasteiger charge is -2.34. The minimum atomic E-state index is -3.85. The van der Waals surface area contributed by atoms with Crippen molar-refractivity contribution in [3.63, 3.8) is 0 Å². The van der Waals surface area contributed by atoms with E-state index < -0.39 is 21.8 Å². The molecule has 1 N–H and O–H groups in total. The fraction of sp³-hybridized carbons (Fsp3) is 0.556. The monoisotopic (exact) mass is 393 g/mol. The Morgan fingerprint density at radius 2 is 1.93 bits per heavy atom. The topological polar surface area (TPSA) is 104 Å². The van der Waals surface area contributed by atoms with Crippen LogP contribution in [0.25, 0.3) is 11.1 Å². The summed E-state index contributed by atoms with van der Waals surface area (Å²) in [4.78, 5) is 28.6. The van der Waals surface area contributed by atoms with Crippen LogP contribution in [0.3, 0.4) is 0 Å². The number of fused-ring (bicyclic) bond motifs is 1. The van der Waals surface area contributed by atoms with Crippen LogP contribution >= 0.6 is 0 Å². The summed E-state index contributed by atoms with van der Waals surface area (Å²) in [6, 6.07) is 3.63. The van der Waals surface area contributed by atoms with Crippen LogP contribution in [0, 0.1) is 5.92 Å². The van der Waals surface area contributed by atoms with Gasteiger partial charge in [-0.2, -0.15) is 4.31 Å². The van der Waals surface area contributed by atoms with Gasteiger partial charge in [0.05, 0.1) is 10.4 Å². The molecule has 1 aromatic heterocycles. The zero-order valence-electron chi connectivity index (χ0n) is 15.2. The quantitative estimate of drug-likeness (QED) is 0.852. The molecule has 27 heavy (non-hydrogen) atoms. The molecule has 8 nitrogen and oxygen atoms in total. The van der Waals surface area contributed by atoms with Gasteiger partial charge in [-0.05, 0) is 43.7 Å². The Labute approximate surface area is 157 Å². The van der Waals surface area contributed by atoms with Crippen molar-refractivity contribution in [2.75, 3.05) is 19.6 Å². The average Bonchev–Trinajstić information content (AvgIpc) is 3.27. The molecule has 146 valence electrons. The zero-order valence-corrected chi connectivity index (χ0v) is 16.0. The number of piperidine rings is 1. The van der Waals surface area contributed by atoms with E-state index in [9.17, 15) is 18.0 Å². The van der Waals surface area contributed by atoms with Crippen molar-refractivity contribution in [2.24, 2.45) is 5.92 Å². The molecule has 0 unspecified atom stereocenters. The highest BCUT2D eigenvalue weighted by molar-refractivity contribution is 7.89. The molecule has 2 aromatic rings. The summed E-state index contributed by atoms with van der Waals surface area (Å²) in [5.41, 5.74) is 0.628. The van der Waals surface area contributed by atoms with Gasteiger partial charge in [-0.3, -0.25) is 9.78 Å². The van der Waals surface area contributed by atoms with Crippen molar-refractivity contribution in [1.82, 2.24) is 14.2 Å². The first-order valence-electron chi connectivity index (χ1n) is 9.30. The fourth-order valence-corrected chi connectivity index (χ4v) is 5.60. The van der Waals surface area contributed by atoms with E-state index in [0.29, 0.717) is 43.9 Å². The average molecular weight is 393 g/mol. The number of likely N-dealkylation sites (tertiary alicyclic amines) is 1. The third-order valence-electron chi connectivity index (χ3n) is 5.58. The maximum Gasteiger partial charge on any atom is 0.417 e. The summed E-state index contributed by atoms with van der Waals surface area (Å²) in [6.45, 7) is 3.86. The number of carbonyl (C=O) groups is 1. The minimum Gasteiger partial charge on any atom is -0.408 e. The van der Waals surface area contributed by atoms with Crippen LogP contribution in [0.1, 0.15) is 32.6 Å². The van der Waals surface area contributed by atoms with Crippen molar-refractivity contribution in [3.05, 3.63) is 28.7 Å². The number of H-pyrrole nitrogens is 1. The molecule has 2 fully saturated rings. The molecule has 3 heterocycles. The van der Waals surface area contributed by atoms with Crippen molar-refractivity contribution in [1.29, 1.82) is 0 Å². The largest absolute Gasteiger partial charge is 0.417 e. The van der Waals surface area contributed by atoms with Crippen LogP contribution in [-0.2, 0) is 14.8 Å². The molecule has 2 aliphatic heterocycles. The van der Waals surface area contributed by atoms with E-state index in [0.717, 1.165) is 12.8 Å². The highest BCUT2D eigenvalue weighted by atomic mass is 32.2. The number of carbonyl (C=O) groups excluding carboxylic acids is 1. The summed E-state index contributed by atoms with van der Waals surface area (Å²) in [5, 5.41) is 0. The molecule has 1 aromatic carbocycles. The number of nitrogens with zero attached hydrogens (tertiary/aromatic N) is 2. The standard InChI is InChI=1S/C18H23N3O5S/c1-12-6-9-20(10-7-12)17(22)15-3-2-8-21(15)27(24,25)13-4-5-14-16(11-13)26-18(23)19-14/h4-5,11-12,15H,2-3,6-10H2,1H3,(H,19,23)/t15-/m0/s1. The van der Waals surface area contributed by atoms with Gasteiger partial charge in [-0.25, -0.2) is 13.2 Å².